The van der Waals surface area contributed by atoms with Gasteiger partial charge in [0.15, 0.2) is 5.11 Å². The van der Waals surface area contributed by atoms with Crippen molar-refractivity contribution in [1.29, 1.82) is 0 Å². The zero-order valence-electron chi connectivity index (χ0n) is 14.8. The molecule has 3 rings (SSSR count). The van der Waals surface area contributed by atoms with Gasteiger partial charge in [0.1, 0.15) is 0 Å². The van der Waals surface area contributed by atoms with Gasteiger partial charge in [-0.3, -0.25) is 4.72 Å². The number of hydrogen-bond acceptors (Lipinski definition) is 6. The molecular weight excluding hydrogens is 398 g/mol. The first-order valence-corrected chi connectivity index (χ1v) is 9.98. The van der Waals surface area contributed by atoms with E-state index in [1.165, 1.54) is 31.6 Å². The Labute approximate surface area is 168 Å². The fraction of sp³-hybridized carbons (Fsp3) is 0.0556. The molecule has 0 unspecified atom stereocenters. The summed E-state index contributed by atoms with van der Waals surface area (Å²) in [5, 5.41) is 6.43. The first-order valence-electron chi connectivity index (χ1n) is 8.09. The lowest BCUT2D eigenvalue weighted by atomic mass is 10.3. The molecule has 0 amide bonds. The average molecular weight is 416 g/mol. The minimum absolute atomic E-state index is 0.0143. The molecule has 0 spiro atoms. The molecular formula is C18H17N5O3S2. The maximum atomic E-state index is 12.6. The number of thiocarbonyl (C=S) groups is 1. The second-order valence-corrected chi connectivity index (χ2v) is 7.58. The van der Waals surface area contributed by atoms with E-state index in [1.807, 2.05) is 30.3 Å². The molecule has 1 aromatic heterocycles. The van der Waals surface area contributed by atoms with Crippen molar-refractivity contribution in [3.63, 3.8) is 0 Å². The van der Waals surface area contributed by atoms with Crippen molar-refractivity contribution in [1.82, 2.24) is 9.97 Å². The van der Waals surface area contributed by atoms with Crippen molar-refractivity contribution in [2.75, 3.05) is 22.5 Å². The Morgan fingerprint density at radius 1 is 0.929 bits per heavy atom. The van der Waals surface area contributed by atoms with Crippen molar-refractivity contribution >= 4 is 44.5 Å². The van der Waals surface area contributed by atoms with E-state index >= 15 is 0 Å². The minimum atomic E-state index is -3.85. The van der Waals surface area contributed by atoms with Gasteiger partial charge in [0.05, 0.1) is 12.0 Å². The van der Waals surface area contributed by atoms with E-state index in [-0.39, 0.29) is 16.6 Å². The lowest BCUT2D eigenvalue weighted by Gasteiger charge is -2.12. The topological polar surface area (TPSA) is 105 Å². The summed E-state index contributed by atoms with van der Waals surface area (Å²) in [5.41, 5.74) is 1.49. The summed E-state index contributed by atoms with van der Waals surface area (Å²) in [6, 6.07) is 15.6. The van der Waals surface area contributed by atoms with Crippen LogP contribution in [0.2, 0.25) is 0 Å². The number of aromatic nitrogens is 2. The molecule has 28 heavy (non-hydrogen) atoms. The second-order valence-electron chi connectivity index (χ2n) is 5.49. The number of ether oxygens (including phenoxy) is 1. The summed E-state index contributed by atoms with van der Waals surface area (Å²) < 4.78 is 32.5. The number of nitrogens with zero attached hydrogens (tertiary/aromatic N) is 2. The predicted molar refractivity (Wildman–Crippen MR) is 112 cm³/mol. The van der Waals surface area contributed by atoms with Crippen molar-refractivity contribution in [2.45, 2.75) is 4.90 Å². The van der Waals surface area contributed by atoms with E-state index in [0.29, 0.717) is 10.8 Å². The van der Waals surface area contributed by atoms with Crippen LogP contribution in [0.1, 0.15) is 0 Å². The van der Waals surface area contributed by atoms with Gasteiger partial charge in [-0.15, -0.1) is 0 Å². The molecule has 2 aromatic carbocycles. The van der Waals surface area contributed by atoms with Crippen LogP contribution >= 0.6 is 12.2 Å². The fourth-order valence-electron chi connectivity index (χ4n) is 2.26. The van der Waals surface area contributed by atoms with Crippen LogP contribution in [0.15, 0.2) is 71.9 Å². The van der Waals surface area contributed by atoms with Gasteiger partial charge in [-0.05, 0) is 48.6 Å². The Morgan fingerprint density at radius 2 is 1.54 bits per heavy atom. The first-order chi connectivity index (χ1) is 13.5. The molecule has 0 saturated heterocycles. The van der Waals surface area contributed by atoms with E-state index in [9.17, 15) is 8.42 Å². The normalized spacial score (nSPS) is 10.8. The molecule has 0 aliphatic heterocycles. The van der Waals surface area contributed by atoms with Crippen LogP contribution in [0.3, 0.4) is 0 Å². The molecule has 0 bridgehead atoms. The van der Waals surface area contributed by atoms with Crippen LogP contribution in [0.25, 0.3) is 0 Å². The molecule has 3 N–H and O–H groups in total. The molecule has 8 nitrogen and oxygen atoms in total. The third kappa shape index (κ3) is 4.93. The Balaban J connectivity index is 1.68. The highest BCUT2D eigenvalue weighted by molar-refractivity contribution is 7.92. The van der Waals surface area contributed by atoms with Gasteiger partial charge in [0.2, 0.25) is 5.82 Å². The van der Waals surface area contributed by atoms with Crippen LogP contribution in [-0.2, 0) is 10.0 Å². The van der Waals surface area contributed by atoms with E-state index in [0.717, 1.165) is 5.69 Å². The van der Waals surface area contributed by atoms with E-state index in [4.69, 9.17) is 17.0 Å². The zero-order valence-corrected chi connectivity index (χ0v) is 16.4. The molecule has 0 radical (unpaired) electrons. The molecule has 0 fully saturated rings. The highest BCUT2D eigenvalue weighted by Gasteiger charge is 2.18. The third-order valence-electron chi connectivity index (χ3n) is 3.54. The van der Waals surface area contributed by atoms with Crippen LogP contribution in [-0.4, -0.2) is 30.6 Å². The van der Waals surface area contributed by atoms with Gasteiger partial charge in [-0.1, -0.05) is 18.2 Å². The van der Waals surface area contributed by atoms with Crippen molar-refractivity contribution in [3.8, 4) is 5.88 Å². The molecule has 3 aromatic rings. The number of sulfonamides is 1. The fourth-order valence-corrected chi connectivity index (χ4v) is 3.51. The van der Waals surface area contributed by atoms with Crippen LogP contribution in [0.5, 0.6) is 5.88 Å². The molecule has 0 aliphatic carbocycles. The number of nitrogens with one attached hydrogen (secondary N) is 3. The van der Waals surface area contributed by atoms with E-state index in [1.54, 1.807) is 12.1 Å². The Hall–Kier alpha value is -3.24. The number of anilines is 3. The maximum absolute atomic E-state index is 12.6. The quantitative estimate of drug-likeness (QED) is 0.528. The summed E-state index contributed by atoms with van der Waals surface area (Å²) in [5.74, 6) is 0.0992. The van der Waals surface area contributed by atoms with Crippen LogP contribution in [0.4, 0.5) is 17.2 Å². The smallest absolute Gasteiger partial charge is 0.263 e. The number of para-hydroxylation sites is 1. The maximum Gasteiger partial charge on any atom is 0.263 e. The van der Waals surface area contributed by atoms with Gasteiger partial charge < -0.3 is 15.4 Å². The van der Waals surface area contributed by atoms with Gasteiger partial charge >= 0.3 is 0 Å². The highest BCUT2D eigenvalue weighted by atomic mass is 32.2. The summed E-state index contributed by atoms with van der Waals surface area (Å²) in [4.78, 5) is 7.92. The molecule has 0 aliphatic rings. The average Bonchev–Trinajstić information content (AvgIpc) is 2.69. The van der Waals surface area contributed by atoms with Crippen LogP contribution < -0.4 is 20.1 Å². The first kappa shape index (κ1) is 19.5. The standard InChI is InChI=1S/C18H17N5O3S2/c1-26-17-16(19-11-12-20-17)23-28(24,25)15-9-7-14(8-10-15)22-18(27)21-13-5-3-2-4-6-13/h2-12H,1H3,(H,19,23)(H2,21,22,27). The Bertz CT molecular complexity index is 1060. The third-order valence-corrected chi connectivity index (χ3v) is 5.10. The molecule has 0 saturated carbocycles. The summed E-state index contributed by atoms with van der Waals surface area (Å²) in [6.07, 6.45) is 2.78. The summed E-state index contributed by atoms with van der Waals surface area (Å²) in [6.45, 7) is 0. The van der Waals surface area contributed by atoms with Crippen molar-refractivity contribution < 1.29 is 13.2 Å². The van der Waals surface area contributed by atoms with Gasteiger partial charge in [0.25, 0.3) is 15.9 Å². The van der Waals surface area contributed by atoms with Gasteiger partial charge in [-0.2, -0.15) is 0 Å². The molecule has 10 heteroatoms. The molecule has 144 valence electrons. The number of benzene rings is 2. The summed E-state index contributed by atoms with van der Waals surface area (Å²) >= 11 is 5.26. The monoisotopic (exact) mass is 415 g/mol. The second kappa shape index (κ2) is 8.63. The zero-order chi connectivity index (χ0) is 20.0. The van der Waals surface area contributed by atoms with Gasteiger partial charge in [0, 0.05) is 23.8 Å². The van der Waals surface area contributed by atoms with Crippen molar-refractivity contribution in [3.05, 3.63) is 67.0 Å². The van der Waals surface area contributed by atoms with E-state index in [2.05, 4.69) is 25.3 Å². The number of rotatable bonds is 6. The highest BCUT2D eigenvalue weighted by Crippen LogP contribution is 2.22. The summed E-state index contributed by atoms with van der Waals surface area (Å²) in [7, 11) is -2.46. The largest absolute Gasteiger partial charge is 0.478 e. The molecule has 0 atom stereocenters. The minimum Gasteiger partial charge on any atom is -0.478 e. The van der Waals surface area contributed by atoms with Gasteiger partial charge in [-0.25, -0.2) is 18.4 Å². The predicted octanol–water partition coefficient (Wildman–Crippen LogP) is 3.09. The van der Waals surface area contributed by atoms with Crippen LogP contribution in [0, 0.1) is 0 Å². The Kier molecular flexibility index (Phi) is 6.02. The Morgan fingerprint density at radius 3 is 2.18 bits per heavy atom. The lowest BCUT2D eigenvalue weighted by Crippen LogP contribution is -2.19. The van der Waals surface area contributed by atoms with E-state index < -0.39 is 10.0 Å². The molecule has 1 heterocycles. The lowest BCUT2D eigenvalue weighted by molar-refractivity contribution is 0.398. The number of methoxy groups -OCH3 is 1. The van der Waals surface area contributed by atoms with Crippen molar-refractivity contribution in [2.24, 2.45) is 0 Å². The number of hydrogen-bond donors (Lipinski definition) is 3. The SMILES string of the molecule is COc1nccnc1NS(=O)(=O)c1ccc(NC(=S)Nc2ccccc2)cc1.